The number of rotatable bonds is 7. The Morgan fingerprint density at radius 1 is 1.11 bits per heavy atom. The van der Waals surface area contributed by atoms with Gasteiger partial charge in [-0.25, -0.2) is 9.37 Å². The lowest BCUT2D eigenvalue weighted by Gasteiger charge is -2.09. The number of hydrogen-bond donors (Lipinski definition) is 2. The number of nitrogens with zero attached hydrogens (tertiary/aromatic N) is 1. The SMILES string of the molecule is COc1cccc(CCNc2cc(C(=O)Nc3cccc(F)c3)ccn2)c1. The molecule has 138 valence electrons. The van der Waals surface area contributed by atoms with Gasteiger partial charge < -0.3 is 15.4 Å². The summed E-state index contributed by atoms with van der Waals surface area (Å²) in [7, 11) is 1.64. The van der Waals surface area contributed by atoms with E-state index in [1.54, 1.807) is 37.6 Å². The molecule has 3 aromatic rings. The molecule has 0 fully saturated rings. The standard InChI is InChI=1S/C21H20FN3O2/c1-27-19-7-2-4-15(12-19)8-10-23-20-13-16(9-11-24-20)21(26)25-18-6-3-5-17(22)14-18/h2-7,9,11-14H,8,10H2,1H3,(H,23,24)(H,25,26). The molecular formula is C21H20FN3O2. The molecule has 27 heavy (non-hydrogen) atoms. The topological polar surface area (TPSA) is 63.2 Å². The van der Waals surface area contributed by atoms with Gasteiger partial charge >= 0.3 is 0 Å². The van der Waals surface area contributed by atoms with E-state index in [9.17, 15) is 9.18 Å². The molecule has 0 bridgehead atoms. The summed E-state index contributed by atoms with van der Waals surface area (Å²) < 4.78 is 18.4. The zero-order chi connectivity index (χ0) is 19.1. The van der Waals surface area contributed by atoms with E-state index in [0.29, 0.717) is 23.6 Å². The van der Waals surface area contributed by atoms with Crippen molar-refractivity contribution in [1.82, 2.24) is 4.98 Å². The number of methoxy groups -OCH3 is 1. The highest BCUT2D eigenvalue weighted by molar-refractivity contribution is 6.04. The minimum Gasteiger partial charge on any atom is -0.497 e. The summed E-state index contributed by atoms with van der Waals surface area (Å²) in [6.07, 6.45) is 2.35. The molecule has 0 saturated carbocycles. The first-order valence-electron chi connectivity index (χ1n) is 8.54. The highest BCUT2D eigenvalue weighted by Crippen LogP contribution is 2.15. The van der Waals surface area contributed by atoms with Crippen molar-refractivity contribution in [1.29, 1.82) is 0 Å². The summed E-state index contributed by atoms with van der Waals surface area (Å²) >= 11 is 0. The van der Waals surface area contributed by atoms with Crippen LogP contribution in [-0.2, 0) is 6.42 Å². The molecule has 2 N–H and O–H groups in total. The highest BCUT2D eigenvalue weighted by Gasteiger charge is 2.08. The molecule has 1 amide bonds. The van der Waals surface area contributed by atoms with Crippen molar-refractivity contribution in [3.63, 3.8) is 0 Å². The summed E-state index contributed by atoms with van der Waals surface area (Å²) in [4.78, 5) is 16.6. The number of benzene rings is 2. The van der Waals surface area contributed by atoms with Crippen LogP contribution in [0.2, 0.25) is 0 Å². The number of hydrogen-bond acceptors (Lipinski definition) is 4. The maximum Gasteiger partial charge on any atom is 0.255 e. The molecule has 6 heteroatoms. The molecule has 0 unspecified atom stereocenters. The third-order valence-corrected chi connectivity index (χ3v) is 3.96. The maximum absolute atomic E-state index is 13.2. The molecule has 0 aliphatic heterocycles. The number of nitrogens with one attached hydrogen (secondary N) is 2. The summed E-state index contributed by atoms with van der Waals surface area (Å²) in [5.74, 6) is 0.702. The summed E-state index contributed by atoms with van der Waals surface area (Å²) in [5.41, 5.74) is 1.99. The molecule has 1 aromatic heterocycles. The van der Waals surface area contributed by atoms with Crippen molar-refractivity contribution in [2.45, 2.75) is 6.42 Å². The predicted octanol–water partition coefficient (Wildman–Crippen LogP) is 4.14. The van der Waals surface area contributed by atoms with Gasteiger partial charge in [-0.2, -0.15) is 0 Å². The lowest BCUT2D eigenvalue weighted by atomic mass is 10.1. The summed E-state index contributed by atoms with van der Waals surface area (Å²) in [5, 5.41) is 5.88. The van der Waals surface area contributed by atoms with Crippen molar-refractivity contribution >= 4 is 17.4 Å². The Balaban J connectivity index is 1.58. The fourth-order valence-electron chi connectivity index (χ4n) is 2.60. The first kappa shape index (κ1) is 18.4. The largest absolute Gasteiger partial charge is 0.497 e. The van der Waals surface area contributed by atoms with Crippen molar-refractivity contribution < 1.29 is 13.9 Å². The van der Waals surface area contributed by atoms with E-state index < -0.39 is 5.82 Å². The van der Waals surface area contributed by atoms with Crippen LogP contribution in [0.25, 0.3) is 0 Å². The summed E-state index contributed by atoms with van der Waals surface area (Å²) in [6.45, 7) is 0.662. The summed E-state index contributed by atoms with van der Waals surface area (Å²) in [6, 6.07) is 16.9. The highest BCUT2D eigenvalue weighted by atomic mass is 19.1. The average Bonchev–Trinajstić information content (AvgIpc) is 2.68. The molecule has 3 rings (SSSR count). The van der Waals surface area contributed by atoms with Crippen LogP contribution in [0.1, 0.15) is 15.9 Å². The minimum absolute atomic E-state index is 0.321. The predicted molar refractivity (Wildman–Crippen MR) is 104 cm³/mol. The molecule has 0 saturated heterocycles. The number of ether oxygens (including phenoxy) is 1. The van der Waals surface area contributed by atoms with Crippen molar-refractivity contribution in [2.24, 2.45) is 0 Å². The van der Waals surface area contributed by atoms with Gasteiger partial charge in [-0.3, -0.25) is 4.79 Å². The zero-order valence-corrected chi connectivity index (χ0v) is 14.9. The van der Waals surface area contributed by atoms with Crippen LogP contribution in [0, 0.1) is 5.82 Å². The lowest BCUT2D eigenvalue weighted by Crippen LogP contribution is -2.13. The van der Waals surface area contributed by atoms with E-state index in [2.05, 4.69) is 15.6 Å². The van der Waals surface area contributed by atoms with E-state index in [4.69, 9.17) is 4.74 Å². The monoisotopic (exact) mass is 365 g/mol. The second-order valence-corrected chi connectivity index (χ2v) is 5.92. The number of anilines is 2. The van der Waals surface area contributed by atoms with E-state index in [1.165, 1.54) is 12.1 Å². The van der Waals surface area contributed by atoms with Crippen molar-refractivity contribution in [3.8, 4) is 5.75 Å². The van der Waals surface area contributed by atoms with Gasteiger partial charge in [0.1, 0.15) is 17.4 Å². The van der Waals surface area contributed by atoms with Crippen LogP contribution in [0.5, 0.6) is 5.75 Å². The average molecular weight is 365 g/mol. The Labute approximate surface area is 157 Å². The van der Waals surface area contributed by atoms with Gasteiger partial charge in [0.2, 0.25) is 0 Å². The van der Waals surface area contributed by atoms with Crippen LogP contribution in [0.3, 0.4) is 0 Å². The fourth-order valence-corrected chi connectivity index (χ4v) is 2.60. The molecule has 0 aliphatic rings. The quantitative estimate of drug-likeness (QED) is 0.661. The number of pyridine rings is 1. The molecule has 0 atom stereocenters. The maximum atomic E-state index is 13.2. The van der Waals surface area contributed by atoms with Gasteiger partial charge in [0, 0.05) is 24.0 Å². The number of amides is 1. The molecule has 0 radical (unpaired) electrons. The molecule has 2 aromatic carbocycles. The third kappa shape index (κ3) is 5.28. The van der Waals surface area contributed by atoms with Gasteiger partial charge in [0.05, 0.1) is 7.11 Å². The molecule has 5 nitrogen and oxygen atoms in total. The normalized spacial score (nSPS) is 10.3. The first-order chi connectivity index (χ1) is 13.1. The van der Waals surface area contributed by atoms with E-state index in [-0.39, 0.29) is 5.91 Å². The fraction of sp³-hybridized carbons (Fsp3) is 0.143. The van der Waals surface area contributed by atoms with Crippen molar-refractivity contribution in [3.05, 3.63) is 83.8 Å². The van der Waals surface area contributed by atoms with Gasteiger partial charge in [-0.1, -0.05) is 18.2 Å². The lowest BCUT2D eigenvalue weighted by molar-refractivity contribution is 0.102. The minimum atomic E-state index is -0.401. The van der Waals surface area contributed by atoms with Crippen LogP contribution in [0.4, 0.5) is 15.9 Å². The number of aromatic nitrogens is 1. The second kappa shape index (κ2) is 8.80. The molecule has 0 aliphatic carbocycles. The van der Waals surface area contributed by atoms with Crippen LogP contribution in [-0.4, -0.2) is 24.5 Å². The van der Waals surface area contributed by atoms with Gasteiger partial charge in [-0.05, 0) is 54.4 Å². The van der Waals surface area contributed by atoms with E-state index in [0.717, 1.165) is 17.7 Å². The molecule has 1 heterocycles. The van der Waals surface area contributed by atoms with Gasteiger partial charge in [0.25, 0.3) is 5.91 Å². The van der Waals surface area contributed by atoms with Gasteiger partial charge in [0.15, 0.2) is 0 Å². The van der Waals surface area contributed by atoms with E-state index >= 15 is 0 Å². The Bertz CT molecular complexity index is 931. The number of carbonyl (C=O) groups excluding carboxylic acids is 1. The Hall–Kier alpha value is -3.41. The van der Waals surface area contributed by atoms with Crippen LogP contribution >= 0.6 is 0 Å². The second-order valence-electron chi connectivity index (χ2n) is 5.92. The van der Waals surface area contributed by atoms with Crippen LogP contribution < -0.4 is 15.4 Å². The number of carbonyl (C=O) groups is 1. The molecule has 0 spiro atoms. The number of halogens is 1. The van der Waals surface area contributed by atoms with E-state index in [1.807, 2.05) is 24.3 Å². The van der Waals surface area contributed by atoms with Crippen LogP contribution in [0.15, 0.2) is 66.9 Å². The Kier molecular flexibility index (Phi) is 5.99. The molecular weight excluding hydrogens is 345 g/mol. The van der Waals surface area contributed by atoms with Gasteiger partial charge in [-0.15, -0.1) is 0 Å². The zero-order valence-electron chi connectivity index (χ0n) is 14.9. The van der Waals surface area contributed by atoms with Crippen molar-refractivity contribution in [2.75, 3.05) is 24.3 Å². The first-order valence-corrected chi connectivity index (χ1v) is 8.54. The Morgan fingerprint density at radius 2 is 1.96 bits per heavy atom. The smallest absolute Gasteiger partial charge is 0.255 e. The Morgan fingerprint density at radius 3 is 2.78 bits per heavy atom. The third-order valence-electron chi connectivity index (χ3n) is 3.96.